The van der Waals surface area contributed by atoms with Gasteiger partial charge in [0.1, 0.15) is 12.2 Å². The minimum atomic E-state index is 0.0151. The van der Waals surface area contributed by atoms with Gasteiger partial charge < -0.3 is 10.2 Å². The monoisotopic (exact) mass is 437 g/mol. The third-order valence-corrected chi connectivity index (χ3v) is 6.24. The van der Waals surface area contributed by atoms with E-state index in [2.05, 4.69) is 15.3 Å². The normalized spacial score (nSPS) is 14.9. The molecule has 0 atom stereocenters. The first-order chi connectivity index (χ1) is 15.2. The second-order valence-corrected chi connectivity index (χ2v) is 8.60. The number of nitrogens with zero attached hydrogens (tertiary/aromatic N) is 4. The van der Waals surface area contributed by atoms with Gasteiger partial charge in [0.15, 0.2) is 0 Å². The van der Waals surface area contributed by atoms with Crippen molar-refractivity contribution in [1.29, 1.82) is 0 Å². The number of hydrogen-bond acceptors (Lipinski definition) is 5. The standard InChI is InChI=1S/C23H27N5O2S/c29-22(24-16-19-6-2-1-3-7-19)17-26-10-5-11-27(14-13-26)23(30)18-28-12-9-20(25-28)21-8-4-15-31-21/h1-4,6-9,12,15H,5,10-11,13-14,16-18H2,(H,24,29). The van der Waals surface area contributed by atoms with Gasteiger partial charge in [-0.3, -0.25) is 19.2 Å². The van der Waals surface area contributed by atoms with Crippen molar-refractivity contribution in [2.45, 2.75) is 19.5 Å². The maximum atomic E-state index is 12.8. The van der Waals surface area contributed by atoms with Gasteiger partial charge in [-0.2, -0.15) is 5.10 Å². The van der Waals surface area contributed by atoms with Crippen LogP contribution in [0.3, 0.4) is 0 Å². The minimum Gasteiger partial charge on any atom is -0.351 e. The van der Waals surface area contributed by atoms with Gasteiger partial charge >= 0.3 is 0 Å². The van der Waals surface area contributed by atoms with Gasteiger partial charge in [-0.1, -0.05) is 36.4 Å². The van der Waals surface area contributed by atoms with E-state index < -0.39 is 0 Å². The molecule has 1 fully saturated rings. The maximum Gasteiger partial charge on any atom is 0.244 e. The first-order valence-electron chi connectivity index (χ1n) is 10.6. The topological polar surface area (TPSA) is 70.5 Å². The average molecular weight is 438 g/mol. The lowest BCUT2D eigenvalue weighted by Crippen LogP contribution is -2.40. The molecule has 7 nitrogen and oxygen atoms in total. The predicted octanol–water partition coefficient (Wildman–Crippen LogP) is 2.46. The molecule has 31 heavy (non-hydrogen) atoms. The molecule has 0 spiro atoms. The molecule has 2 aromatic heterocycles. The fourth-order valence-electron chi connectivity index (χ4n) is 3.68. The largest absolute Gasteiger partial charge is 0.351 e. The van der Waals surface area contributed by atoms with Crippen molar-refractivity contribution in [3.63, 3.8) is 0 Å². The first kappa shape index (κ1) is 21.3. The molecule has 1 aliphatic rings. The second-order valence-electron chi connectivity index (χ2n) is 7.65. The van der Waals surface area contributed by atoms with Gasteiger partial charge in [-0.05, 0) is 29.5 Å². The lowest BCUT2D eigenvalue weighted by Gasteiger charge is -2.21. The minimum absolute atomic E-state index is 0.0151. The van der Waals surface area contributed by atoms with E-state index >= 15 is 0 Å². The van der Waals surface area contributed by atoms with Crippen LogP contribution in [0.1, 0.15) is 12.0 Å². The molecule has 1 N–H and O–H groups in total. The number of carbonyl (C=O) groups excluding carboxylic acids is 2. The Morgan fingerprint density at radius 3 is 2.65 bits per heavy atom. The summed E-state index contributed by atoms with van der Waals surface area (Å²) < 4.78 is 1.71. The number of carbonyl (C=O) groups is 2. The van der Waals surface area contributed by atoms with E-state index in [1.54, 1.807) is 16.0 Å². The highest BCUT2D eigenvalue weighted by Crippen LogP contribution is 2.22. The smallest absolute Gasteiger partial charge is 0.244 e. The third kappa shape index (κ3) is 6.02. The van der Waals surface area contributed by atoms with Crippen molar-refractivity contribution in [3.8, 4) is 10.6 Å². The van der Waals surface area contributed by atoms with Crippen LogP contribution in [0, 0.1) is 0 Å². The van der Waals surface area contributed by atoms with Crippen LogP contribution in [0.2, 0.25) is 0 Å². The summed E-state index contributed by atoms with van der Waals surface area (Å²) in [7, 11) is 0. The average Bonchev–Trinajstić information content (AvgIpc) is 3.42. The number of hydrogen-bond donors (Lipinski definition) is 1. The van der Waals surface area contributed by atoms with E-state index in [0.29, 0.717) is 32.7 Å². The van der Waals surface area contributed by atoms with Gasteiger partial charge in [0.25, 0.3) is 0 Å². The lowest BCUT2D eigenvalue weighted by molar-refractivity contribution is -0.131. The summed E-state index contributed by atoms with van der Waals surface area (Å²) in [6.45, 7) is 3.98. The Morgan fingerprint density at radius 1 is 0.968 bits per heavy atom. The quantitative estimate of drug-likeness (QED) is 0.617. The van der Waals surface area contributed by atoms with Crippen LogP contribution < -0.4 is 5.32 Å². The highest BCUT2D eigenvalue weighted by atomic mass is 32.1. The molecule has 1 aliphatic heterocycles. The summed E-state index contributed by atoms with van der Waals surface area (Å²) in [6.07, 6.45) is 2.71. The van der Waals surface area contributed by atoms with Crippen molar-refractivity contribution in [3.05, 3.63) is 65.7 Å². The van der Waals surface area contributed by atoms with Gasteiger partial charge in [0.05, 0.1) is 11.4 Å². The molecule has 162 valence electrons. The summed E-state index contributed by atoms with van der Waals surface area (Å²) in [5.74, 6) is 0.0810. The molecule has 0 radical (unpaired) electrons. The molecule has 0 aliphatic carbocycles. The number of thiophene rings is 1. The fraction of sp³-hybridized carbons (Fsp3) is 0.348. The summed E-state index contributed by atoms with van der Waals surface area (Å²) in [4.78, 5) is 30.2. The Labute approximate surface area is 186 Å². The van der Waals surface area contributed by atoms with Gasteiger partial charge in [0.2, 0.25) is 11.8 Å². The Balaban J connectivity index is 1.23. The molecule has 1 aromatic carbocycles. The van der Waals surface area contributed by atoms with Crippen molar-refractivity contribution >= 4 is 23.2 Å². The zero-order chi connectivity index (χ0) is 21.5. The maximum absolute atomic E-state index is 12.8. The third-order valence-electron chi connectivity index (χ3n) is 5.35. The predicted molar refractivity (Wildman–Crippen MR) is 121 cm³/mol. The van der Waals surface area contributed by atoms with Crippen molar-refractivity contribution < 1.29 is 9.59 Å². The van der Waals surface area contributed by atoms with Crippen LogP contribution in [0.5, 0.6) is 0 Å². The van der Waals surface area contributed by atoms with E-state index in [1.807, 2.05) is 65.0 Å². The molecule has 2 amide bonds. The van der Waals surface area contributed by atoms with Crippen molar-refractivity contribution in [1.82, 2.24) is 24.9 Å². The van der Waals surface area contributed by atoms with Crippen LogP contribution in [-0.4, -0.2) is 64.1 Å². The number of rotatable bonds is 7. The van der Waals surface area contributed by atoms with Crippen LogP contribution in [0.4, 0.5) is 0 Å². The zero-order valence-corrected chi connectivity index (χ0v) is 18.3. The number of amides is 2. The Bertz CT molecular complexity index is 987. The fourth-order valence-corrected chi connectivity index (χ4v) is 4.37. The lowest BCUT2D eigenvalue weighted by atomic mass is 10.2. The summed E-state index contributed by atoms with van der Waals surface area (Å²) >= 11 is 1.64. The van der Waals surface area contributed by atoms with Crippen LogP contribution in [0.15, 0.2) is 60.1 Å². The van der Waals surface area contributed by atoms with Crippen LogP contribution in [-0.2, 0) is 22.7 Å². The highest BCUT2D eigenvalue weighted by Gasteiger charge is 2.21. The molecule has 0 bridgehead atoms. The van der Waals surface area contributed by atoms with Crippen molar-refractivity contribution in [2.75, 3.05) is 32.7 Å². The molecule has 3 aromatic rings. The van der Waals surface area contributed by atoms with Gasteiger partial charge in [0, 0.05) is 38.9 Å². The van der Waals surface area contributed by atoms with E-state index in [0.717, 1.165) is 29.1 Å². The second kappa shape index (κ2) is 10.4. The summed E-state index contributed by atoms with van der Waals surface area (Å²) in [6, 6.07) is 15.9. The molecule has 3 heterocycles. The van der Waals surface area contributed by atoms with E-state index in [4.69, 9.17) is 0 Å². The first-order valence-corrected chi connectivity index (χ1v) is 11.4. The number of aromatic nitrogens is 2. The molecule has 8 heteroatoms. The number of nitrogens with one attached hydrogen (secondary N) is 1. The highest BCUT2D eigenvalue weighted by molar-refractivity contribution is 7.13. The molecule has 1 saturated heterocycles. The Kier molecular flexibility index (Phi) is 7.11. The Morgan fingerprint density at radius 2 is 1.84 bits per heavy atom. The van der Waals surface area contributed by atoms with E-state index in [-0.39, 0.29) is 18.4 Å². The van der Waals surface area contributed by atoms with Gasteiger partial charge in [-0.15, -0.1) is 11.3 Å². The molecular weight excluding hydrogens is 410 g/mol. The molecule has 4 rings (SSSR count). The number of benzene rings is 1. The van der Waals surface area contributed by atoms with E-state index in [9.17, 15) is 9.59 Å². The summed E-state index contributed by atoms with van der Waals surface area (Å²) in [5, 5.41) is 9.52. The van der Waals surface area contributed by atoms with Crippen LogP contribution in [0.25, 0.3) is 10.6 Å². The molecular formula is C23H27N5O2S. The van der Waals surface area contributed by atoms with Crippen LogP contribution >= 0.6 is 11.3 Å². The SMILES string of the molecule is O=C(CN1CCCN(C(=O)Cn2ccc(-c3cccs3)n2)CC1)NCc1ccccc1. The molecule has 0 saturated carbocycles. The van der Waals surface area contributed by atoms with Crippen molar-refractivity contribution in [2.24, 2.45) is 0 Å². The van der Waals surface area contributed by atoms with E-state index in [1.165, 1.54) is 0 Å². The molecule has 0 unspecified atom stereocenters. The zero-order valence-electron chi connectivity index (χ0n) is 17.4. The summed E-state index contributed by atoms with van der Waals surface area (Å²) in [5.41, 5.74) is 1.98. The Hall–Kier alpha value is -2.97. The van der Waals surface area contributed by atoms with Gasteiger partial charge in [-0.25, -0.2) is 0 Å².